The molecular formula is C11H21N3O4S. The molecule has 0 heterocycles. The molecular weight excluding hydrogens is 270 g/mol. The number of hydrogen-bond donors (Lipinski definition) is 3. The molecule has 7 nitrogen and oxygen atoms in total. The second-order valence-electron chi connectivity index (χ2n) is 4.30. The molecule has 8 heteroatoms. The molecule has 3 amide bonds. The third-order valence-electron chi connectivity index (χ3n) is 2.44. The second-order valence-corrected chi connectivity index (χ2v) is 5.28. The van der Waals surface area contributed by atoms with Gasteiger partial charge in [-0.1, -0.05) is 0 Å². The fraction of sp³-hybridized carbons (Fsp3) is 0.727. The van der Waals surface area contributed by atoms with Gasteiger partial charge in [0.1, 0.15) is 12.6 Å². The lowest BCUT2D eigenvalue weighted by molar-refractivity contribution is -0.146. The highest BCUT2D eigenvalue weighted by Gasteiger charge is 2.28. The van der Waals surface area contributed by atoms with Gasteiger partial charge in [-0.2, -0.15) is 11.8 Å². The van der Waals surface area contributed by atoms with Gasteiger partial charge in [0.25, 0.3) is 0 Å². The zero-order chi connectivity index (χ0) is 15.0. The molecule has 0 bridgehead atoms. The average Bonchev–Trinajstić information content (AvgIpc) is 2.29. The fourth-order valence-corrected chi connectivity index (χ4v) is 2.00. The molecule has 0 aromatic carbocycles. The van der Waals surface area contributed by atoms with Gasteiger partial charge in [-0.15, -0.1) is 0 Å². The summed E-state index contributed by atoms with van der Waals surface area (Å²) in [5.74, 6) is -0.856. The minimum atomic E-state index is -1.09. The maximum atomic E-state index is 12.2. The van der Waals surface area contributed by atoms with Crippen molar-refractivity contribution in [3.8, 4) is 0 Å². The van der Waals surface area contributed by atoms with Gasteiger partial charge in [0, 0.05) is 6.04 Å². The third kappa shape index (κ3) is 6.90. The van der Waals surface area contributed by atoms with E-state index in [1.165, 1.54) is 16.7 Å². The summed E-state index contributed by atoms with van der Waals surface area (Å²) in [4.78, 5) is 35.1. The number of hydrogen-bond acceptors (Lipinski definition) is 4. The molecule has 0 rings (SSSR count). The van der Waals surface area contributed by atoms with Crippen molar-refractivity contribution in [1.29, 1.82) is 0 Å². The number of primary amides is 1. The smallest absolute Gasteiger partial charge is 0.323 e. The van der Waals surface area contributed by atoms with Gasteiger partial charge in [0.05, 0.1) is 0 Å². The van der Waals surface area contributed by atoms with E-state index in [2.05, 4.69) is 5.32 Å². The van der Waals surface area contributed by atoms with Gasteiger partial charge in [-0.3, -0.25) is 9.59 Å². The van der Waals surface area contributed by atoms with E-state index in [1.807, 2.05) is 6.26 Å². The van der Waals surface area contributed by atoms with Gasteiger partial charge < -0.3 is 21.1 Å². The van der Waals surface area contributed by atoms with Crippen molar-refractivity contribution >= 4 is 29.7 Å². The van der Waals surface area contributed by atoms with E-state index in [0.717, 1.165) is 0 Å². The van der Waals surface area contributed by atoms with Crippen molar-refractivity contribution in [1.82, 2.24) is 10.2 Å². The fourth-order valence-electron chi connectivity index (χ4n) is 1.53. The summed E-state index contributed by atoms with van der Waals surface area (Å²) >= 11 is 1.53. The van der Waals surface area contributed by atoms with Crippen LogP contribution in [0.5, 0.6) is 0 Å². The number of carbonyl (C=O) groups excluding carboxylic acids is 2. The Kier molecular flexibility index (Phi) is 7.97. The molecule has 19 heavy (non-hydrogen) atoms. The summed E-state index contributed by atoms with van der Waals surface area (Å²) in [5.41, 5.74) is 5.04. The van der Waals surface area contributed by atoms with Gasteiger partial charge in [-0.05, 0) is 32.3 Å². The Morgan fingerprint density at radius 1 is 1.37 bits per heavy atom. The molecule has 0 aromatic heterocycles. The molecule has 0 fully saturated rings. The van der Waals surface area contributed by atoms with Crippen LogP contribution in [0.25, 0.3) is 0 Å². The molecule has 4 N–H and O–H groups in total. The molecule has 0 spiro atoms. The number of nitrogens with one attached hydrogen (secondary N) is 1. The molecule has 0 aliphatic heterocycles. The minimum Gasteiger partial charge on any atom is -0.480 e. The van der Waals surface area contributed by atoms with Crippen molar-refractivity contribution in [3.63, 3.8) is 0 Å². The van der Waals surface area contributed by atoms with Gasteiger partial charge in [0.15, 0.2) is 0 Å². The molecule has 0 saturated heterocycles. The third-order valence-corrected chi connectivity index (χ3v) is 3.08. The number of nitrogens with zero attached hydrogens (tertiary/aromatic N) is 1. The molecule has 0 saturated carbocycles. The number of nitrogens with two attached hydrogens (primary N) is 1. The van der Waals surface area contributed by atoms with Crippen molar-refractivity contribution in [2.45, 2.75) is 32.4 Å². The highest BCUT2D eigenvalue weighted by Crippen LogP contribution is 2.08. The SMILES string of the molecule is CSCCC(NC(N)=O)C(=O)N(CC(=O)O)C(C)C. The summed E-state index contributed by atoms with van der Waals surface area (Å²) in [7, 11) is 0. The molecule has 1 atom stereocenters. The predicted molar refractivity (Wildman–Crippen MR) is 74.0 cm³/mol. The average molecular weight is 291 g/mol. The molecule has 0 aromatic rings. The van der Waals surface area contributed by atoms with E-state index in [-0.39, 0.29) is 6.04 Å². The minimum absolute atomic E-state index is 0.268. The Morgan fingerprint density at radius 3 is 2.32 bits per heavy atom. The zero-order valence-electron chi connectivity index (χ0n) is 11.4. The first-order valence-electron chi connectivity index (χ1n) is 5.86. The number of carboxylic acids is 1. The molecule has 0 aliphatic rings. The number of aliphatic carboxylic acids is 1. The number of thioether (sulfide) groups is 1. The largest absolute Gasteiger partial charge is 0.480 e. The summed E-state index contributed by atoms with van der Waals surface area (Å²) < 4.78 is 0. The summed E-state index contributed by atoms with van der Waals surface area (Å²) in [5, 5.41) is 11.2. The van der Waals surface area contributed by atoms with E-state index in [1.54, 1.807) is 13.8 Å². The van der Waals surface area contributed by atoms with Crippen LogP contribution < -0.4 is 11.1 Å². The number of amides is 3. The van der Waals surface area contributed by atoms with Gasteiger partial charge in [0.2, 0.25) is 5.91 Å². The van der Waals surface area contributed by atoms with Crippen LogP contribution in [0.3, 0.4) is 0 Å². The summed E-state index contributed by atoms with van der Waals surface area (Å²) in [6, 6.07) is -1.85. The van der Waals surface area contributed by atoms with Crippen LogP contribution in [0, 0.1) is 0 Å². The van der Waals surface area contributed by atoms with Crippen LogP contribution in [0.4, 0.5) is 4.79 Å². The lowest BCUT2D eigenvalue weighted by Gasteiger charge is -2.29. The highest BCUT2D eigenvalue weighted by molar-refractivity contribution is 7.98. The van der Waals surface area contributed by atoms with Gasteiger partial charge in [-0.25, -0.2) is 4.79 Å². The van der Waals surface area contributed by atoms with Crippen LogP contribution in [0.15, 0.2) is 0 Å². The van der Waals surface area contributed by atoms with Gasteiger partial charge >= 0.3 is 12.0 Å². The lowest BCUT2D eigenvalue weighted by atomic mass is 10.1. The number of urea groups is 1. The van der Waals surface area contributed by atoms with Crippen molar-refractivity contribution in [2.24, 2.45) is 5.73 Å². The first-order chi connectivity index (χ1) is 8.79. The number of carboxylic acid groups (broad SMARTS) is 1. The van der Waals surface area contributed by atoms with Crippen LogP contribution >= 0.6 is 11.8 Å². The summed E-state index contributed by atoms with van der Waals surface area (Å²) in [6.45, 7) is 3.04. The highest BCUT2D eigenvalue weighted by atomic mass is 32.2. The molecule has 0 aliphatic carbocycles. The molecule has 1 unspecified atom stereocenters. The topological polar surface area (TPSA) is 113 Å². The van der Waals surface area contributed by atoms with Crippen molar-refractivity contribution in [3.05, 3.63) is 0 Å². The van der Waals surface area contributed by atoms with E-state index < -0.39 is 30.5 Å². The maximum Gasteiger partial charge on any atom is 0.323 e. The standard InChI is InChI=1S/C11H21N3O4S/c1-7(2)14(6-9(15)16)10(17)8(4-5-19-3)13-11(12)18/h7-8H,4-6H2,1-3H3,(H,15,16)(H3,12,13,18). The Balaban J connectivity index is 4.88. The second kappa shape index (κ2) is 8.63. The predicted octanol–water partition coefficient (Wildman–Crippen LogP) is 0.0980. The molecule has 0 radical (unpaired) electrons. The quantitative estimate of drug-likeness (QED) is 0.587. The lowest BCUT2D eigenvalue weighted by Crippen LogP contribution is -2.53. The molecule has 110 valence electrons. The van der Waals surface area contributed by atoms with Crippen molar-refractivity contribution < 1.29 is 19.5 Å². The Labute approximate surface area is 116 Å². The first kappa shape index (κ1) is 17.6. The van der Waals surface area contributed by atoms with Crippen molar-refractivity contribution in [2.75, 3.05) is 18.6 Å². The Hall–Kier alpha value is -1.44. The van der Waals surface area contributed by atoms with Crippen LogP contribution in [0.1, 0.15) is 20.3 Å². The van der Waals surface area contributed by atoms with E-state index in [0.29, 0.717) is 12.2 Å². The van der Waals surface area contributed by atoms with Crippen LogP contribution in [-0.4, -0.2) is 58.6 Å². The van der Waals surface area contributed by atoms with Crippen LogP contribution in [-0.2, 0) is 9.59 Å². The normalized spacial score (nSPS) is 12.0. The van der Waals surface area contributed by atoms with Crippen LogP contribution in [0.2, 0.25) is 0 Å². The zero-order valence-corrected chi connectivity index (χ0v) is 12.2. The van der Waals surface area contributed by atoms with E-state index in [9.17, 15) is 14.4 Å². The maximum absolute atomic E-state index is 12.2. The Morgan fingerprint density at radius 2 is 1.95 bits per heavy atom. The van der Waals surface area contributed by atoms with E-state index in [4.69, 9.17) is 10.8 Å². The first-order valence-corrected chi connectivity index (χ1v) is 7.26. The number of rotatable bonds is 8. The van der Waals surface area contributed by atoms with E-state index >= 15 is 0 Å². The number of carbonyl (C=O) groups is 3. The monoisotopic (exact) mass is 291 g/mol. The Bertz CT molecular complexity index is 336. The summed E-state index contributed by atoms with van der Waals surface area (Å²) in [6.07, 6.45) is 2.29.